The first-order valence-electron chi connectivity index (χ1n) is 13.8. The molecule has 4 saturated carbocycles. The van der Waals surface area contributed by atoms with Crippen molar-refractivity contribution in [3.8, 4) is 0 Å². The number of amides is 1. The average Bonchev–Trinajstić information content (AvgIpc) is 3.16. The fourth-order valence-electron chi connectivity index (χ4n) is 9.40. The van der Waals surface area contributed by atoms with Gasteiger partial charge < -0.3 is 15.5 Å². The highest BCUT2D eigenvalue weighted by molar-refractivity contribution is 5.90. The Hall–Kier alpha value is -1.46. The van der Waals surface area contributed by atoms with Gasteiger partial charge in [0.05, 0.1) is 24.1 Å². The summed E-state index contributed by atoms with van der Waals surface area (Å²) in [6.45, 7) is 7.33. The van der Waals surface area contributed by atoms with E-state index in [0.717, 1.165) is 37.8 Å². The average molecular weight is 469 g/mol. The summed E-state index contributed by atoms with van der Waals surface area (Å²) < 4.78 is 0. The van der Waals surface area contributed by atoms with E-state index in [4.69, 9.17) is 0 Å². The standard InChI is InChI=1S/C29H44N2O3/c1-18(6-9-26(34)31-20-5-4-14-30-17-20)22-7-8-23-27-24(11-13-29(22,23)3)28(2)12-10-21(32)15-19(28)16-25(27)33/h4-5,14,17-19,21-25,27,32-33H,6-13,15-16H2,1-3H3,(H,31,34). The number of aliphatic hydroxyl groups excluding tert-OH is 2. The lowest BCUT2D eigenvalue weighted by Gasteiger charge is -2.62. The van der Waals surface area contributed by atoms with Crippen LogP contribution in [0.25, 0.3) is 0 Å². The maximum absolute atomic E-state index is 12.5. The van der Waals surface area contributed by atoms with Gasteiger partial charge in [-0.2, -0.15) is 0 Å². The van der Waals surface area contributed by atoms with Crippen molar-refractivity contribution in [2.75, 3.05) is 5.32 Å². The number of pyridine rings is 1. The molecule has 0 radical (unpaired) electrons. The van der Waals surface area contributed by atoms with Crippen LogP contribution in [0.3, 0.4) is 0 Å². The normalized spacial score (nSPS) is 44.4. The van der Waals surface area contributed by atoms with Crippen LogP contribution in [0, 0.1) is 46.3 Å². The van der Waals surface area contributed by atoms with Crippen molar-refractivity contribution in [2.24, 2.45) is 46.3 Å². The number of carbonyl (C=O) groups is 1. The minimum atomic E-state index is -0.225. The second-order valence-corrected chi connectivity index (χ2v) is 12.8. The maximum Gasteiger partial charge on any atom is 0.224 e. The van der Waals surface area contributed by atoms with Gasteiger partial charge >= 0.3 is 0 Å². The summed E-state index contributed by atoms with van der Waals surface area (Å²) in [5.74, 6) is 3.24. The Morgan fingerprint density at radius 3 is 2.65 bits per heavy atom. The second-order valence-electron chi connectivity index (χ2n) is 12.8. The predicted octanol–water partition coefficient (Wildman–Crippen LogP) is 5.43. The molecule has 1 heterocycles. The molecule has 5 nitrogen and oxygen atoms in total. The van der Waals surface area contributed by atoms with Crippen LogP contribution < -0.4 is 5.32 Å². The van der Waals surface area contributed by atoms with Crippen molar-refractivity contribution >= 4 is 11.6 Å². The van der Waals surface area contributed by atoms with Gasteiger partial charge in [0.1, 0.15) is 0 Å². The molecule has 1 aromatic rings. The number of fused-ring (bicyclic) bond motifs is 5. The molecule has 0 saturated heterocycles. The monoisotopic (exact) mass is 468 g/mol. The molecule has 10 unspecified atom stereocenters. The molecule has 4 aliphatic carbocycles. The summed E-state index contributed by atoms with van der Waals surface area (Å²) in [5.41, 5.74) is 1.30. The smallest absolute Gasteiger partial charge is 0.224 e. The minimum Gasteiger partial charge on any atom is -0.393 e. The number of rotatable bonds is 5. The molecule has 1 aromatic heterocycles. The van der Waals surface area contributed by atoms with E-state index < -0.39 is 0 Å². The lowest BCUT2D eigenvalue weighted by atomic mass is 9.43. The molecule has 1 amide bonds. The van der Waals surface area contributed by atoms with Crippen LogP contribution in [0.1, 0.15) is 85.0 Å². The third kappa shape index (κ3) is 4.11. The molecule has 4 fully saturated rings. The van der Waals surface area contributed by atoms with Gasteiger partial charge in [0.25, 0.3) is 0 Å². The highest BCUT2D eigenvalue weighted by Crippen LogP contribution is 2.68. The fraction of sp³-hybridized carbons (Fsp3) is 0.793. The molecule has 3 N–H and O–H groups in total. The number of carbonyl (C=O) groups excluding carboxylic acids is 1. The molecular formula is C29H44N2O3. The lowest BCUT2D eigenvalue weighted by Crippen LogP contribution is -2.58. The largest absolute Gasteiger partial charge is 0.393 e. The van der Waals surface area contributed by atoms with Crippen molar-refractivity contribution in [1.82, 2.24) is 4.98 Å². The summed E-state index contributed by atoms with van der Waals surface area (Å²) in [6.07, 6.45) is 13.1. The summed E-state index contributed by atoms with van der Waals surface area (Å²) in [6, 6.07) is 3.72. The van der Waals surface area contributed by atoms with Crippen LogP contribution in [0.15, 0.2) is 24.5 Å². The predicted molar refractivity (Wildman–Crippen MR) is 134 cm³/mol. The molecule has 10 atom stereocenters. The van der Waals surface area contributed by atoms with Crippen LogP contribution in [-0.2, 0) is 4.79 Å². The maximum atomic E-state index is 12.5. The van der Waals surface area contributed by atoms with Gasteiger partial charge in [0.2, 0.25) is 5.91 Å². The fourth-order valence-corrected chi connectivity index (χ4v) is 9.40. The van der Waals surface area contributed by atoms with Crippen molar-refractivity contribution in [1.29, 1.82) is 0 Å². The molecule has 0 aromatic carbocycles. The van der Waals surface area contributed by atoms with E-state index in [1.54, 1.807) is 12.4 Å². The number of anilines is 1. The van der Waals surface area contributed by atoms with Crippen LogP contribution in [0.4, 0.5) is 5.69 Å². The summed E-state index contributed by atoms with van der Waals surface area (Å²) in [7, 11) is 0. The van der Waals surface area contributed by atoms with Gasteiger partial charge in [-0.1, -0.05) is 20.8 Å². The lowest BCUT2D eigenvalue weighted by molar-refractivity contribution is -0.174. The van der Waals surface area contributed by atoms with E-state index in [0.29, 0.717) is 41.9 Å². The molecule has 5 heteroatoms. The van der Waals surface area contributed by atoms with Crippen LogP contribution in [0.2, 0.25) is 0 Å². The van der Waals surface area contributed by atoms with Crippen molar-refractivity contribution in [2.45, 2.75) is 97.2 Å². The van der Waals surface area contributed by atoms with Gasteiger partial charge in [-0.15, -0.1) is 0 Å². The third-order valence-corrected chi connectivity index (χ3v) is 11.2. The number of hydrogen-bond donors (Lipinski definition) is 3. The summed E-state index contributed by atoms with van der Waals surface area (Å²) >= 11 is 0. The molecule has 0 aliphatic heterocycles. The van der Waals surface area contributed by atoms with E-state index >= 15 is 0 Å². The molecule has 0 spiro atoms. The molecular weight excluding hydrogens is 424 g/mol. The van der Waals surface area contributed by atoms with Gasteiger partial charge in [-0.25, -0.2) is 0 Å². The van der Waals surface area contributed by atoms with E-state index in [1.165, 1.54) is 25.7 Å². The Morgan fingerprint density at radius 2 is 1.88 bits per heavy atom. The first-order chi connectivity index (χ1) is 16.2. The Balaban J connectivity index is 1.25. The topological polar surface area (TPSA) is 82.5 Å². The van der Waals surface area contributed by atoms with Crippen molar-refractivity contribution < 1.29 is 15.0 Å². The van der Waals surface area contributed by atoms with E-state index in [-0.39, 0.29) is 28.9 Å². The van der Waals surface area contributed by atoms with Gasteiger partial charge in [0, 0.05) is 12.6 Å². The third-order valence-electron chi connectivity index (χ3n) is 11.2. The highest BCUT2D eigenvalue weighted by atomic mass is 16.3. The number of nitrogens with zero attached hydrogens (tertiary/aromatic N) is 1. The number of aromatic nitrogens is 1. The molecule has 188 valence electrons. The first-order valence-corrected chi connectivity index (χ1v) is 13.8. The number of aliphatic hydroxyl groups is 2. The first kappa shape index (κ1) is 24.2. The number of nitrogens with one attached hydrogen (secondary N) is 1. The Morgan fingerprint density at radius 1 is 1.12 bits per heavy atom. The Labute approximate surface area is 205 Å². The van der Waals surface area contributed by atoms with E-state index in [2.05, 4.69) is 31.1 Å². The molecule has 34 heavy (non-hydrogen) atoms. The Bertz CT molecular complexity index is 877. The van der Waals surface area contributed by atoms with Gasteiger partial charge in [0.15, 0.2) is 0 Å². The minimum absolute atomic E-state index is 0.0735. The van der Waals surface area contributed by atoms with Crippen LogP contribution in [0.5, 0.6) is 0 Å². The SMILES string of the molecule is CC(CCC(=O)Nc1cccnc1)C1CCC2C3C(O)CC4CC(O)CCC4(C)C3CCC12C. The summed E-state index contributed by atoms with van der Waals surface area (Å²) in [4.78, 5) is 16.6. The zero-order valence-electron chi connectivity index (χ0n) is 21.2. The van der Waals surface area contributed by atoms with Crippen LogP contribution in [-0.4, -0.2) is 33.3 Å². The quantitative estimate of drug-likeness (QED) is 0.538. The zero-order chi connectivity index (χ0) is 24.1. The number of hydrogen-bond acceptors (Lipinski definition) is 4. The zero-order valence-corrected chi connectivity index (χ0v) is 21.2. The van der Waals surface area contributed by atoms with Crippen LogP contribution >= 0.6 is 0 Å². The van der Waals surface area contributed by atoms with E-state index in [9.17, 15) is 15.0 Å². The summed E-state index contributed by atoms with van der Waals surface area (Å²) in [5, 5.41) is 24.7. The van der Waals surface area contributed by atoms with Gasteiger partial charge in [-0.3, -0.25) is 9.78 Å². The molecule has 0 bridgehead atoms. The van der Waals surface area contributed by atoms with Crippen molar-refractivity contribution in [3.63, 3.8) is 0 Å². The van der Waals surface area contributed by atoms with E-state index in [1.807, 2.05) is 12.1 Å². The second kappa shape index (κ2) is 9.20. The Kier molecular flexibility index (Phi) is 6.56. The van der Waals surface area contributed by atoms with Crippen molar-refractivity contribution in [3.05, 3.63) is 24.5 Å². The highest BCUT2D eigenvalue weighted by Gasteiger charge is 2.62. The molecule has 4 aliphatic rings. The van der Waals surface area contributed by atoms with Gasteiger partial charge in [-0.05, 0) is 116 Å². The molecule has 5 rings (SSSR count).